The average Bonchev–Trinajstić information content (AvgIpc) is 3.79. The van der Waals surface area contributed by atoms with Gasteiger partial charge in [-0.2, -0.15) is 4.31 Å². The molecule has 3 N–H and O–H groups in total. The van der Waals surface area contributed by atoms with Gasteiger partial charge in [0.25, 0.3) is 0 Å². The highest BCUT2D eigenvalue weighted by molar-refractivity contribution is 7.89. The van der Waals surface area contributed by atoms with Crippen LogP contribution in [0.25, 0.3) is 0 Å². The number of nitrogens with zero attached hydrogens (tertiary/aromatic N) is 2. The van der Waals surface area contributed by atoms with Crippen LogP contribution in [0.5, 0.6) is 5.75 Å². The molecular formula is C34H45N3O9S2. The summed E-state index contributed by atoms with van der Waals surface area (Å²) in [5.74, 6) is 0.524. The Bertz CT molecular complexity index is 1600. The number of alkyl carbamates (subject to hydrolysis) is 1. The molecule has 0 spiro atoms. The summed E-state index contributed by atoms with van der Waals surface area (Å²) in [7, 11) is -4.03. The molecule has 0 bridgehead atoms. The number of thiazole rings is 1. The summed E-state index contributed by atoms with van der Waals surface area (Å²) in [5.41, 5.74) is 2.22. The van der Waals surface area contributed by atoms with E-state index in [0.717, 1.165) is 16.3 Å². The van der Waals surface area contributed by atoms with E-state index in [9.17, 15) is 23.4 Å². The van der Waals surface area contributed by atoms with Crippen molar-refractivity contribution in [3.63, 3.8) is 0 Å². The first-order chi connectivity index (χ1) is 22.9. The second-order valence-corrected chi connectivity index (χ2v) is 15.7. The molecular weight excluding hydrogens is 659 g/mol. The first kappa shape index (κ1) is 36.2. The van der Waals surface area contributed by atoms with Crippen molar-refractivity contribution in [1.29, 1.82) is 0 Å². The molecule has 2 aliphatic rings. The van der Waals surface area contributed by atoms with E-state index in [2.05, 4.69) is 10.3 Å². The van der Waals surface area contributed by atoms with Gasteiger partial charge in [-0.05, 0) is 68.0 Å². The zero-order valence-corrected chi connectivity index (χ0v) is 29.3. The highest BCUT2D eigenvalue weighted by atomic mass is 32.2. The molecule has 14 heteroatoms. The Morgan fingerprint density at radius 2 is 1.81 bits per heavy atom. The third-order valence-corrected chi connectivity index (χ3v) is 11.1. The molecule has 1 amide bonds. The lowest BCUT2D eigenvalue weighted by Crippen LogP contribution is -2.51. The molecule has 6 atom stereocenters. The van der Waals surface area contributed by atoms with Gasteiger partial charge in [-0.25, -0.2) is 18.2 Å². The predicted octanol–water partition coefficient (Wildman–Crippen LogP) is 4.19. The molecule has 0 aliphatic carbocycles. The molecule has 12 nitrogen and oxygen atoms in total. The summed E-state index contributed by atoms with van der Waals surface area (Å²) >= 11 is 1.56. The number of hydrogen-bond donors (Lipinski definition) is 3. The SMILES string of the molecule is Cc1nc(COc2ccc(C[C@H](NC(=O)O[C@H]3CO[C@H]4OCC[C@H]43)[C@H](O)CN(CC(C)C)S(=O)(=O)c3ccc([C@H](C)O)cc3)cc2)cs1. The molecule has 3 aromatic rings. The Morgan fingerprint density at radius 3 is 2.46 bits per heavy atom. The van der Waals surface area contributed by atoms with E-state index >= 15 is 0 Å². The Kier molecular flexibility index (Phi) is 12.1. The van der Waals surface area contributed by atoms with Crippen LogP contribution in [0.1, 0.15) is 55.1 Å². The molecule has 1 aromatic heterocycles. The molecule has 262 valence electrons. The molecule has 2 aromatic carbocycles. The van der Waals surface area contributed by atoms with Gasteiger partial charge in [-0.3, -0.25) is 0 Å². The number of aliphatic hydroxyl groups is 2. The number of ether oxygens (including phenoxy) is 4. The molecule has 2 fully saturated rings. The summed E-state index contributed by atoms with van der Waals surface area (Å²) in [4.78, 5) is 17.7. The van der Waals surface area contributed by atoms with Gasteiger partial charge < -0.3 is 34.5 Å². The minimum Gasteiger partial charge on any atom is -0.487 e. The van der Waals surface area contributed by atoms with Crippen LogP contribution in [0.15, 0.2) is 58.8 Å². The van der Waals surface area contributed by atoms with E-state index in [-0.39, 0.29) is 42.8 Å². The van der Waals surface area contributed by atoms with Gasteiger partial charge in [-0.15, -0.1) is 11.3 Å². The number of amides is 1. The Labute approximate surface area is 286 Å². The number of benzene rings is 2. The van der Waals surface area contributed by atoms with Crippen molar-refractivity contribution >= 4 is 27.5 Å². The van der Waals surface area contributed by atoms with E-state index in [1.807, 2.05) is 38.3 Å². The fourth-order valence-corrected chi connectivity index (χ4v) is 8.06. The number of aliphatic hydroxyl groups excluding tert-OH is 2. The van der Waals surface area contributed by atoms with E-state index in [0.29, 0.717) is 30.9 Å². The van der Waals surface area contributed by atoms with Crippen molar-refractivity contribution in [3.8, 4) is 5.75 Å². The smallest absolute Gasteiger partial charge is 0.407 e. The van der Waals surface area contributed by atoms with Gasteiger partial charge >= 0.3 is 6.09 Å². The predicted molar refractivity (Wildman–Crippen MR) is 179 cm³/mol. The summed E-state index contributed by atoms with van der Waals surface area (Å²) in [6.07, 6.45) is -2.75. The molecule has 2 saturated heterocycles. The number of aromatic nitrogens is 1. The molecule has 0 radical (unpaired) electrons. The van der Waals surface area contributed by atoms with Crippen LogP contribution in [0.3, 0.4) is 0 Å². The van der Waals surface area contributed by atoms with Crippen LogP contribution in [0.4, 0.5) is 4.79 Å². The molecule has 3 heterocycles. The third-order valence-electron chi connectivity index (χ3n) is 8.40. The Morgan fingerprint density at radius 1 is 1.08 bits per heavy atom. The van der Waals surface area contributed by atoms with E-state index in [4.69, 9.17) is 18.9 Å². The quantitative estimate of drug-likeness (QED) is 0.210. The lowest BCUT2D eigenvalue weighted by Gasteiger charge is -2.31. The number of hydrogen-bond acceptors (Lipinski definition) is 11. The van der Waals surface area contributed by atoms with Crippen molar-refractivity contribution < 1.29 is 42.4 Å². The molecule has 2 aliphatic heterocycles. The topological polar surface area (TPSA) is 157 Å². The number of rotatable bonds is 15. The first-order valence-corrected chi connectivity index (χ1v) is 18.5. The normalized spacial score (nSPS) is 21.2. The lowest BCUT2D eigenvalue weighted by atomic mass is 10.0. The van der Waals surface area contributed by atoms with Crippen molar-refractivity contribution in [2.45, 2.75) is 82.7 Å². The first-order valence-electron chi connectivity index (χ1n) is 16.2. The highest BCUT2D eigenvalue weighted by Gasteiger charge is 2.44. The summed E-state index contributed by atoms with van der Waals surface area (Å²) in [6.45, 7) is 8.26. The van der Waals surface area contributed by atoms with Gasteiger partial charge in [-0.1, -0.05) is 38.1 Å². The maximum Gasteiger partial charge on any atom is 0.407 e. The van der Waals surface area contributed by atoms with Crippen molar-refractivity contribution in [1.82, 2.24) is 14.6 Å². The van der Waals surface area contributed by atoms with Crippen LogP contribution in [0, 0.1) is 18.8 Å². The van der Waals surface area contributed by atoms with Gasteiger partial charge in [0.2, 0.25) is 10.0 Å². The summed E-state index contributed by atoms with van der Waals surface area (Å²) < 4.78 is 51.6. The minimum atomic E-state index is -4.03. The van der Waals surface area contributed by atoms with Crippen LogP contribution in [0.2, 0.25) is 0 Å². The largest absolute Gasteiger partial charge is 0.487 e. The van der Waals surface area contributed by atoms with Crippen LogP contribution in [-0.2, 0) is 37.3 Å². The number of carbonyl (C=O) groups excluding carboxylic acids is 1. The fourth-order valence-electron chi connectivity index (χ4n) is 5.84. The van der Waals surface area contributed by atoms with Gasteiger partial charge in [0, 0.05) is 18.5 Å². The zero-order valence-electron chi connectivity index (χ0n) is 27.7. The van der Waals surface area contributed by atoms with Gasteiger partial charge in [0.1, 0.15) is 18.5 Å². The van der Waals surface area contributed by atoms with E-state index < -0.39 is 46.8 Å². The number of fused-ring (bicyclic) bond motifs is 1. The van der Waals surface area contributed by atoms with Gasteiger partial charge in [0.15, 0.2) is 6.29 Å². The van der Waals surface area contributed by atoms with Crippen molar-refractivity contribution in [2.75, 3.05) is 26.3 Å². The van der Waals surface area contributed by atoms with Crippen LogP contribution >= 0.6 is 11.3 Å². The monoisotopic (exact) mass is 703 g/mol. The second kappa shape index (κ2) is 16.1. The number of aryl methyl sites for hydroxylation is 1. The molecule has 0 saturated carbocycles. The molecule has 0 unspecified atom stereocenters. The van der Waals surface area contributed by atoms with E-state index in [1.165, 1.54) is 16.4 Å². The maximum absolute atomic E-state index is 13.8. The molecule has 5 rings (SSSR count). The van der Waals surface area contributed by atoms with E-state index in [1.54, 1.807) is 42.5 Å². The second-order valence-electron chi connectivity index (χ2n) is 12.7. The fraction of sp³-hybridized carbons (Fsp3) is 0.529. The number of sulfonamides is 1. The summed E-state index contributed by atoms with van der Waals surface area (Å²) in [6, 6.07) is 12.4. The summed E-state index contributed by atoms with van der Waals surface area (Å²) in [5, 5.41) is 27.2. The van der Waals surface area contributed by atoms with Crippen LogP contribution in [-0.4, -0.2) is 84.9 Å². The highest BCUT2D eigenvalue weighted by Crippen LogP contribution is 2.33. The Hall–Kier alpha value is -3.11. The Balaban J connectivity index is 1.32. The standard InChI is InChI=1S/C34H45N3O9S2/c1-21(2)16-37(48(41,42)28-11-7-25(8-12-28)22(3)38)17-31(39)30(36-34(40)46-32-19-45-33-29(32)13-14-43-33)15-24-5-9-27(10-6-24)44-18-26-20-47-23(4)35-26/h5-12,20-22,29-33,38-39H,13-19H2,1-4H3,(H,36,40)/t22-,29-,30-,31+,32-,33+/m0/s1. The minimum absolute atomic E-state index is 0.0432. The molecule has 48 heavy (non-hydrogen) atoms. The van der Waals surface area contributed by atoms with Crippen molar-refractivity contribution in [2.24, 2.45) is 11.8 Å². The zero-order chi connectivity index (χ0) is 34.4. The lowest BCUT2D eigenvalue weighted by molar-refractivity contribution is -0.0907. The van der Waals surface area contributed by atoms with Crippen molar-refractivity contribution in [3.05, 3.63) is 75.7 Å². The maximum atomic E-state index is 13.8. The average molecular weight is 704 g/mol. The van der Waals surface area contributed by atoms with Crippen LogP contribution < -0.4 is 10.1 Å². The number of carbonyl (C=O) groups is 1. The van der Waals surface area contributed by atoms with Gasteiger partial charge in [0.05, 0.1) is 53.0 Å². The third kappa shape index (κ3) is 9.31. The number of nitrogens with one attached hydrogen (secondary N) is 1.